The van der Waals surface area contributed by atoms with Crippen LogP contribution < -0.4 is 10.5 Å². The van der Waals surface area contributed by atoms with Gasteiger partial charge in [0.15, 0.2) is 0 Å². The molecule has 7 nitrogen and oxygen atoms in total. The van der Waals surface area contributed by atoms with Gasteiger partial charge in [0.05, 0.1) is 9.82 Å². The van der Waals surface area contributed by atoms with Gasteiger partial charge in [-0.05, 0) is 31.4 Å². The molecule has 0 fully saturated rings. The summed E-state index contributed by atoms with van der Waals surface area (Å²) >= 11 is 0. The second-order valence-electron chi connectivity index (χ2n) is 4.30. The van der Waals surface area contributed by atoms with E-state index in [9.17, 15) is 18.5 Å². The second-order valence-corrected chi connectivity index (χ2v) is 6.03. The number of nitrogens with one attached hydrogen (secondary N) is 1. The molecule has 0 unspecified atom stereocenters. The van der Waals surface area contributed by atoms with E-state index in [0.29, 0.717) is 24.9 Å². The van der Waals surface area contributed by atoms with E-state index in [1.54, 1.807) is 6.92 Å². The molecule has 0 aliphatic carbocycles. The van der Waals surface area contributed by atoms with Crippen molar-refractivity contribution in [2.24, 2.45) is 5.73 Å². The maximum absolute atomic E-state index is 12.2. The molecule has 0 saturated carbocycles. The molecule has 0 aromatic heterocycles. The van der Waals surface area contributed by atoms with Crippen molar-refractivity contribution in [1.29, 1.82) is 0 Å². The van der Waals surface area contributed by atoms with Crippen molar-refractivity contribution in [2.75, 3.05) is 13.1 Å². The summed E-state index contributed by atoms with van der Waals surface area (Å²) in [5.41, 5.74) is 5.66. The lowest BCUT2D eigenvalue weighted by molar-refractivity contribution is -0.385. The highest BCUT2D eigenvalue weighted by Crippen LogP contribution is 2.22. The number of unbranched alkanes of at least 4 members (excludes halogenated alkanes) is 1. The highest BCUT2D eigenvalue weighted by Gasteiger charge is 2.20. The van der Waals surface area contributed by atoms with Gasteiger partial charge < -0.3 is 5.73 Å². The van der Waals surface area contributed by atoms with Crippen molar-refractivity contribution in [2.45, 2.75) is 31.1 Å². The van der Waals surface area contributed by atoms with Gasteiger partial charge in [-0.3, -0.25) is 10.1 Å². The van der Waals surface area contributed by atoms with Crippen LogP contribution in [0.2, 0.25) is 0 Å². The Morgan fingerprint density at radius 2 is 2.05 bits per heavy atom. The molecule has 0 heterocycles. The van der Waals surface area contributed by atoms with E-state index >= 15 is 0 Å². The van der Waals surface area contributed by atoms with E-state index in [1.807, 2.05) is 0 Å². The molecule has 1 aromatic rings. The standard InChI is InChI=1S/C12H19N3O4S/c1-2-10-5-6-11(15(16)17)9-12(10)20(18,19)14-8-4-3-7-13/h5-6,9,14H,2-4,7-8,13H2,1H3. The van der Waals surface area contributed by atoms with Crippen LogP contribution >= 0.6 is 0 Å². The van der Waals surface area contributed by atoms with Crippen molar-refractivity contribution < 1.29 is 13.3 Å². The molecule has 112 valence electrons. The molecule has 0 aliphatic heterocycles. The molecular formula is C12H19N3O4S. The molecule has 8 heteroatoms. The minimum atomic E-state index is -3.73. The lowest BCUT2D eigenvalue weighted by Crippen LogP contribution is -2.26. The number of rotatable bonds is 8. The van der Waals surface area contributed by atoms with Crippen LogP contribution in [0, 0.1) is 10.1 Å². The third-order valence-corrected chi connectivity index (χ3v) is 4.40. The normalized spacial score (nSPS) is 11.5. The quantitative estimate of drug-likeness (QED) is 0.425. The number of hydrogen-bond donors (Lipinski definition) is 2. The molecule has 0 saturated heterocycles. The summed E-state index contributed by atoms with van der Waals surface area (Å²) in [4.78, 5) is 10.1. The van der Waals surface area contributed by atoms with Crippen LogP contribution in [0.1, 0.15) is 25.3 Å². The van der Waals surface area contributed by atoms with E-state index in [4.69, 9.17) is 5.73 Å². The number of nitro benzene ring substituents is 1. The summed E-state index contributed by atoms with van der Waals surface area (Å²) in [6.45, 7) is 2.57. The van der Waals surface area contributed by atoms with Crippen molar-refractivity contribution in [3.63, 3.8) is 0 Å². The third-order valence-electron chi connectivity index (χ3n) is 2.85. The Hall–Kier alpha value is -1.51. The maximum atomic E-state index is 12.2. The highest BCUT2D eigenvalue weighted by atomic mass is 32.2. The average Bonchev–Trinajstić information content (AvgIpc) is 2.42. The van der Waals surface area contributed by atoms with Gasteiger partial charge in [-0.1, -0.05) is 13.0 Å². The van der Waals surface area contributed by atoms with E-state index in [-0.39, 0.29) is 17.1 Å². The molecule has 1 aromatic carbocycles. The third kappa shape index (κ3) is 4.26. The van der Waals surface area contributed by atoms with Crippen LogP contribution in [0.25, 0.3) is 0 Å². The SMILES string of the molecule is CCc1ccc([N+](=O)[O-])cc1S(=O)(=O)NCCCCN. The Labute approximate surface area is 118 Å². The first-order valence-corrected chi connectivity index (χ1v) is 7.87. The summed E-state index contributed by atoms with van der Waals surface area (Å²) in [5.74, 6) is 0. The molecule has 20 heavy (non-hydrogen) atoms. The largest absolute Gasteiger partial charge is 0.330 e. The minimum absolute atomic E-state index is 0.0260. The van der Waals surface area contributed by atoms with Crippen LogP contribution in [0.4, 0.5) is 5.69 Å². The molecule has 0 radical (unpaired) electrons. The van der Waals surface area contributed by atoms with Crippen molar-refractivity contribution >= 4 is 15.7 Å². The number of nitrogens with two attached hydrogens (primary N) is 1. The van der Waals surface area contributed by atoms with Gasteiger partial charge in [0.2, 0.25) is 10.0 Å². The second kappa shape index (κ2) is 7.32. The summed E-state index contributed by atoms with van der Waals surface area (Å²) in [5, 5.41) is 10.8. The van der Waals surface area contributed by atoms with E-state index < -0.39 is 14.9 Å². The molecule has 0 spiro atoms. The lowest BCUT2D eigenvalue weighted by Gasteiger charge is -2.10. The molecule has 3 N–H and O–H groups in total. The number of nitro groups is 1. The zero-order valence-corrected chi connectivity index (χ0v) is 12.1. The van der Waals surface area contributed by atoms with Crippen LogP contribution in [-0.4, -0.2) is 26.4 Å². The predicted molar refractivity (Wildman–Crippen MR) is 76.0 cm³/mol. The number of non-ortho nitro benzene ring substituents is 1. The molecule has 0 amide bonds. The van der Waals surface area contributed by atoms with Crippen LogP contribution in [-0.2, 0) is 16.4 Å². The van der Waals surface area contributed by atoms with Crippen molar-refractivity contribution in [1.82, 2.24) is 4.72 Å². The summed E-state index contributed by atoms with van der Waals surface area (Å²) in [6.07, 6.45) is 1.83. The Balaban J connectivity index is 3.02. The lowest BCUT2D eigenvalue weighted by atomic mass is 10.1. The first kappa shape index (κ1) is 16.5. The minimum Gasteiger partial charge on any atom is -0.330 e. The fourth-order valence-electron chi connectivity index (χ4n) is 1.75. The zero-order valence-electron chi connectivity index (χ0n) is 11.3. The molecule has 0 aliphatic rings. The highest BCUT2D eigenvalue weighted by molar-refractivity contribution is 7.89. The van der Waals surface area contributed by atoms with E-state index in [2.05, 4.69) is 4.72 Å². The Morgan fingerprint density at radius 3 is 2.60 bits per heavy atom. The number of nitrogens with zero attached hydrogens (tertiary/aromatic N) is 1. The number of aryl methyl sites for hydroxylation is 1. The van der Waals surface area contributed by atoms with Crippen LogP contribution in [0.15, 0.2) is 23.1 Å². The van der Waals surface area contributed by atoms with Crippen molar-refractivity contribution in [3.05, 3.63) is 33.9 Å². The van der Waals surface area contributed by atoms with Crippen LogP contribution in [0.3, 0.4) is 0 Å². The fourth-order valence-corrected chi connectivity index (χ4v) is 3.15. The summed E-state index contributed by atoms with van der Waals surface area (Å²) < 4.78 is 26.8. The van der Waals surface area contributed by atoms with E-state index in [0.717, 1.165) is 12.5 Å². The van der Waals surface area contributed by atoms with Gasteiger partial charge in [-0.2, -0.15) is 0 Å². The monoisotopic (exact) mass is 301 g/mol. The van der Waals surface area contributed by atoms with Gasteiger partial charge in [0.25, 0.3) is 5.69 Å². The van der Waals surface area contributed by atoms with Gasteiger partial charge in [0, 0.05) is 18.7 Å². The number of benzene rings is 1. The smallest absolute Gasteiger partial charge is 0.270 e. The number of sulfonamides is 1. The average molecular weight is 301 g/mol. The first-order valence-electron chi connectivity index (χ1n) is 6.39. The molecular weight excluding hydrogens is 282 g/mol. The molecule has 0 bridgehead atoms. The van der Waals surface area contributed by atoms with Crippen molar-refractivity contribution in [3.8, 4) is 0 Å². The zero-order chi connectivity index (χ0) is 15.2. The van der Waals surface area contributed by atoms with Crippen LogP contribution in [0.5, 0.6) is 0 Å². The summed E-state index contributed by atoms with van der Waals surface area (Å²) in [7, 11) is -3.73. The number of hydrogen-bond acceptors (Lipinski definition) is 5. The topological polar surface area (TPSA) is 115 Å². The molecule has 1 rings (SSSR count). The van der Waals surface area contributed by atoms with Gasteiger partial charge in [0.1, 0.15) is 0 Å². The Kier molecular flexibility index (Phi) is 6.05. The summed E-state index contributed by atoms with van der Waals surface area (Å²) in [6, 6.07) is 3.89. The fraction of sp³-hybridized carbons (Fsp3) is 0.500. The van der Waals surface area contributed by atoms with Gasteiger partial charge in [-0.15, -0.1) is 0 Å². The molecule has 0 atom stereocenters. The Morgan fingerprint density at radius 1 is 1.35 bits per heavy atom. The predicted octanol–water partition coefficient (Wildman–Crippen LogP) is 1.17. The van der Waals surface area contributed by atoms with Gasteiger partial charge >= 0.3 is 0 Å². The first-order chi connectivity index (χ1) is 9.42. The Bertz CT molecular complexity index is 572. The van der Waals surface area contributed by atoms with E-state index in [1.165, 1.54) is 12.1 Å². The van der Waals surface area contributed by atoms with Gasteiger partial charge in [-0.25, -0.2) is 13.1 Å². The maximum Gasteiger partial charge on any atom is 0.270 e.